The number of aromatic hydroxyl groups is 1. The maximum atomic E-state index is 12.4. The van der Waals surface area contributed by atoms with Gasteiger partial charge in [-0.25, -0.2) is 14.4 Å². The van der Waals surface area contributed by atoms with Crippen LogP contribution < -0.4 is 142 Å². The number of Topliss-reactive ketones (excluding diaryl/α,β-unsaturated/α-hetero) is 1. The van der Waals surface area contributed by atoms with Crippen molar-refractivity contribution in [2.45, 2.75) is 24.8 Å². The van der Waals surface area contributed by atoms with Crippen molar-refractivity contribution >= 4 is 95.2 Å². The van der Waals surface area contributed by atoms with E-state index in [4.69, 9.17) is 50.4 Å². The number of nitrogens with two attached hydrogens (primary N) is 1. The van der Waals surface area contributed by atoms with Crippen molar-refractivity contribution in [1.82, 2.24) is 61.6 Å². The van der Waals surface area contributed by atoms with Crippen LogP contribution in [0.25, 0.3) is 55.7 Å². The second-order valence-electron chi connectivity index (χ2n) is 25.2. The topological polar surface area (TPSA) is 474 Å². The Morgan fingerprint density at radius 1 is 0.469 bits per heavy atom. The first-order valence-corrected chi connectivity index (χ1v) is 39.7. The SMILES string of the molecule is BrCc1ccccc1.COC(=O)CBr.COC(=O)COc1ccc(-c2nn[nH][n+]2Cc2ccccc2)cc1.COC(=O)COc1ccc(-c2nn[nH]n2)cc1.COC(=O)COc1ccc(C#N)cc1.N#Cc1ccc(O)cc1.Nc1ccc2cnccc2c1.O=C(COc1ccc(-c2nn[nH][n+]2Cc2ccccc2)cc1)Cc1ccc2cnccc2c1.O=CO[O-].[H-].[K+].[K+]. The normalized spacial score (nSPS) is 9.60. The van der Waals surface area contributed by atoms with E-state index in [1.165, 1.54) is 46.1 Å². The number of ketones is 1. The predicted octanol–water partition coefficient (Wildman–Crippen LogP) is 5.21. The third kappa shape index (κ3) is 39.8. The number of methoxy groups -OCH3 is 4. The molecule has 0 bridgehead atoms. The number of H-pyrrole nitrogens is 3. The number of esters is 4. The zero-order valence-electron chi connectivity index (χ0n) is 71.2. The molecule has 15 aromatic rings. The number of alkyl halides is 2. The number of rotatable bonds is 24. The fourth-order valence-corrected chi connectivity index (χ4v) is 10.8. The number of hydrogen-bond acceptors (Lipinski definition) is 29. The van der Waals surface area contributed by atoms with Crippen LogP contribution in [-0.2, 0) is 77.4 Å². The molecule has 0 aliphatic rings. The fraction of sp³-hybridized carbons (Fsp3) is 0.144. The van der Waals surface area contributed by atoms with Gasteiger partial charge in [0, 0.05) is 58.6 Å². The summed E-state index contributed by atoms with van der Waals surface area (Å²) in [4.78, 5) is 74.4. The van der Waals surface area contributed by atoms with Crippen LogP contribution in [0.15, 0.2) is 286 Å². The van der Waals surface area contributed by atoms with Gasteiger partial charge in [-0.15, -0.1) is 10.2 Å². The Kier molecular flexibility index (Phi) is 50.9. The number of phenolic OH excluding ortho intramolecular Hbond substituents is 1. The summed E-state index contributed by atoms with van der Waals surface area (Å²) in [7, 11) is 5.28. The van der Waals surface area contributed by atoms with E-state index in [0.29, 0.717) is 59.5 Å². The van der Waals surface area contributed by atoms with Crippen LogP contribution in [0.4, 0.5) is 5.69 Å². The Hall–Kier alpha value is -12.8. The van der Waals surface area contributed by atoms with Gasteiger partial charge in [0.2, 0.25) is 5.82 Å². The summed E-state index contributed by atoms with van der Waals surface area (Å²) >= 11 is 6.26. The van der Waals surface area contributed by atoms with Crippen LogP contribution in [0.1, 0.15) is 34.8 Å². The Morgan fingerprint density at radius 2 is 0.859 bits per heavy atom. The second-order valence-corrected chi connectivity index (χ2v) is 26.3. The molecule has 5 aromatic heterocycles. The zero-order valence-corrected chi connectivity index (χ0v) is 79.6. The number of nitrogen functional groups attached to an aromatic ring is 1. The van der Waals surface area contributed by atoms with Gasteiger partial charge in [-0.05, 0) is 184 Å². The number of nitrogens with zero attached hydrogens (tertiary/aromatic N) is 13. The standard InChI is InChI=1S/C26H21N5O2.C17H16N4O3.C10H10N4O3.C10H9NO3.C9H8N2.C7H7Br.C7H5NO.C3H5BrO2.CH2O3.2K.H/c32-24(15-20-6-7-23-16-27-13-12-22(23)14-20)18-33-25-10-8-21(9-11-25)26-28-29-30-31(26)17-19-4-2-1-3-5-19;1-23-16(22)12-24-15-9-7-14(8-10-15)17-18-19-20-21(17)11-13-5-3-2-4-6-13;1-16-9(15)6-17-8-4-2-7(3-5-8)10-11-13-14-12-10;1-13-10(12)7-14-9-4-2-8(6-11)3-5-9;10-9-2-1-8-6-11-4-3-7(8)5-9;8-6-7-4-2-1-3-5-7;8-5-6-1-3-7(9)4-2-6;1-6-3(5)2-4;2-1-4-3;;;/h1-14,16H,15,17-18H2;2-10H,11-12H2,1H3;2-5H,6H2,1H3,(H,11,12,13,14);2-5H,7H2,1H3;1-6H,10H2;1-5H,6H2;1-4,9H;2H2,1H3;1,3H;;;/q;;;;;;;;;2*+1;-1/p+1. The van der Waals surface area contributed by atoms with Crippen molar-refractivity contribution in [3.8, 4) is 75.0 Å². The molecular weight excluding hydrogens is 1830 g/mol. The molecule has 0 radical (unpaired) electrons. The molecule has 5 heterocycles. The number of carbonyl (C=O) groups is 6. The number of halogens is 2. The van der Waals surface area contributed by atoms with E-state index in [-0.39, 0.29) is 160 Å². The molecule has 0 fully saturated rings. The van der Waals surface area contributed by atoms with Crippen molar-refractivity contribution in [3.05, 3.63) is 319 Å². The van der Waals surface area contributed by atoms with E-state index < -0.39 is 17.9 Å². The molecule has 646 valence electrons. The Morgan fingerprint density at radius 3 is 1.23 bits per heavy atom. The minimum Gasteiger partial charge on any atom is -1.00 e. The number of ether oxygens (including phenoxy) is 8. The number of tetrazole rings is 3. The molecule has 6 N–H and O–H groups in total. The molecule has 0 saturated heterocycles. The molecule has 0 unspecified atom stereocenters. The summed E-state index contributed by atoms with van der Waals surface area (Å²) in [6.07, 6.45) is 7.49. The Labute approximate surface area is 838 Å². The summed E-state index contributed by atoms with van der Waals surface area (Å²) in [6, 6.07) is 84.4. The van der Waals surface area contributed by atoms with Crippen molar-refractivity contribution in [1.29, 1.82) is 10.5 Å². The minimum atomic E-state index is -0.436. The Balaban J connectivity index is 0.000000323. The molecule has 0 aliphatic carbocycles. The van der Waals surface area contributed by atoms with Crippen molar-refractivity contribution in [3.63, 3.8) is 0 Å². The van der Waals surface area contributed by atoms with Crippen molar-refractivity contribution < 1.29 is 195 Å². The number of aromatic amines is 3. The van der Waals surface area contributed by atoms with Crippen LogP contribution in [0.3, 0.4) is 0 Å². The first-order valence-electron chi connectivity index (χ1n) is 37.4. The van der Waals surface area contributed by atoms with Crippen molar-refractivity contribution in [2.24, 2.45) is 0 Å². The van der Waals surface area contributed by atoms with Gasteiger partial charge in [-0.2, -0.15) is 25.1 Å². The van der Waals surface area contributed by atoms with E-state index in [0.717, 1.165) is 77.6 Å². The summed E-state index contributed by atoms with van der Waals surface area (Å²) in [5.41, 5.74) is 14.7. The van der Waals surface area contributed by atoms with E-state index in [2.05, 4.69) is 142 Å². The first kappa shape index (κ1) is 106. The van der Waals surface area contributed by atoms with Crippen LogP contribution in [0, 0.1) is 22.7 Å². The van der Waals surface area contributed by atoms with E-state index in [1.807, 2.05) is 186 Å². The molecule has 0 atom stereocenters. The third-order valence-corrected chi connectivity index (χ3v) is 17.6. The third-order valence-electron chi connectivity index (χ3n) is 16.5. The molecular formula is C90H85Br2K2N17O17+2. The number of aromatic nitrogens is 14. The van der Waals surface area contributed by atoms with Crippen molar-refractivity contribution in [2.75, 3.05) is 65.9 Å². The summed E-state index contributed by atoms with van der Waals surface area (Å²) < 4.78 is 42.7. The molecule has 0 amide bonds. The smallest absolute Gasteiger partial charge is 1.00 e. The minimum absolute atomic E-state index is 0. The summed E-state index contributed by atoms with van der Waals surface area (Å²) in [5, 5.41) is 75.1. The monoisotopic (exact) mass is 1910 g/mol. The molecule has 15 rings (SSSR count). The molecule has 10 aromatic carbocycles. The second kappa shape index (κ2) is 61.6. The quantitative estimate of drug-likeness (QED) is 0.00596. The first-order chi connectivity index (χ1) is 61.4. The number of hydrogen-bond donors (Lipinski definition) is 5. The van der Waals surface area contributed by atoms with Gasteiger partial charge in [0.15, 0.2) is 36.0 Å². The van der Waals surface area contributed by atoms with Gasteiger partial charge in [-0.1, -0.05) is 158 Å². The molecule has 0 spiro atoms. The van der Waals surface area contributed by atoms with Crippen LogP contribution in [-0.4, -0.2) is 163 Å². The van der Waals surface area contributed by atoms with E-state index >= 15 is 0 Å². The van der Waals surface area contributed by atoms with Crippen LogP contribution in [0.2, 0.25) is 0 Å². The number of fused-ring (bicyclic) bond motifs is 2. The molecule has 0 saturated carbocycles. The van der Waals surface area contributed by atoms with Gasteiger partial charge in [-0.3, -0.25) is 24.4 Å². The Bertz CT molecular complexity index is 5860. The zero-order chi connectivity index (χ0) is 90.3. The van der Waals surface area contributed by atoms with Gasteiger partial charge < -0.3 is 60.3 Å². The number of nitriles is 2. The maximum Gasteiger partial charge on any atom is 1.00 e. The molecule has 38 heteroatoms. The van der Waals surface area contributed by atoms with E-state index in [9.17, 15) is 24.0 Å². The summed E-state index contributed by atoms with van der Waals surface area (Å²) in [5.74, 6) is 2.97. The van der Waals surface area contributed by atoms with Gasteiger partial charge in [0.05, 0.1) is 62.8 Å². The van der Waals surface area contributed by atoms with E-state index in [1.54, 1.807) is 85.2 Å². The predicted molar refractivity (Wildman–Crippen MR) is 466 cm³/mol. The van der Waals surface area contributed by atoms with Crippen LogP contribution in [0.5, 0.6) is 28.7 Å². The maximum absolute atomic E-state index is 12.4. The summed E-state index contributed by atoms with van der Waals surface area (Å²) in [6.45, 7) is 0.769. The van der Waals surface area contributed by atoms with Crippen LogP contribution >= 0.6 is 31.9 Å². The number of anilines is 1. The largest absolute Gasteiger partial charge is 1.00 e. The average Bonchev–Trinajstić information content (AvgIpc) is 1.81. The van der Waals surface area contributed by atoms with Gasteiger partial charge in [0.1, 0.15) is 64.0 Å². The number of benzene rings is 10. The average molecular weight is 1910 g/mol. The van der Waals surface area contributed by atoms with Gasteiger partial charge >= 0.3 is 138 Å². The number of carbonyl (C=O) groups excluding carboxylic acids is 6. The number of phenols is 1. The molecule has 34 nitrogen and oxygen atoms in total. The number of nitrogens with one attached hydrogen (secondary N) is 3. The molecule has 0 aliphatic heterocycles. The number of pyridine rings is 2. The fourth-order valence-electron chi connectivity index (χ4n) is 10.2. The molecule has 128 heavy (non-hydrogen) atoms. The van der Waals surface area contributed by atoms with Gasteiger partial charge in [0.25, 0.3) is 6.47 Å².